The Bertz CT molecular complexity index is 784. The number of likely N-dealkylation sites (tertiary alicyclic amines) is 1. The van der Waals surface area contributed by atoms with E-state index in [1.165, 1.54) is 11.3 Å². The summed E-state index contributed by atoms with van der Waals surface area (Å²) in [6.07, 6.45) is 4.79. The zero-order chi connectivity index (χ0) is 16.9. The predicted octanol–water partition coefficient (Wildman–Crippen LogP) is 3.87. The number of rotatable bonds is 3. The average Bonchev–Trinajstić information content (AvgIpc) is 3.26. The summed E-state index contributed by atoms with van der Waals surface area (Å²) in [7, 11) is 0. The van der Waals surface area contributed by atoms with E-state index in [0.717, 1.165) is 64.7 Å². The van der Waals surface area contributed by atoms with Gasteiger partial charge in [0.15, 0.2) is 10.8 Å². The molecule has 128 valence electrons. The van der Waals surface area contributed by atoms with Gasteiger partial charge in [-0.1, -0.05) is 30.3 Å². The normalized spacial score (nSPS) is 18.4. The molecule has 5 nitrogen and oxygen atoms in total. The van der Waals surface area contributed by atoms with Gasteiger partial charge in [0.25, 0.3) is 5.91 Å². The molecule has 0 saturated carbocycles. The first-order valence-corrected chi connectivity index (χ1v) is 9.38. The molecule has 0 atom stereocenters. The molecule has 1 amide bonds. The van der Waals surface area contributed by atoms with Gasteiger partial charge in [-0.25, -0.2) is 0 Å². The highest BCUT2D eigenvalue weighted by atomic mass is 32.1. The molecule has 6 heteroatoms. The molecule has 0 radical (unpaired) electrons. The summed E-state index contributed by atoms with van der Waals surface area (Å²) in [4.78, 5) is 15.8. The van der Waals surface area contributed by atoms with Crippen LogP contribution in [-0.2, 0) is 11.8 Å². The van der Waals surface area contributed by atoms with Gasteiger partial charge in [-0.15, -0.1) is 0 Å². The lowest BCUT2D eigenvalue weighted by molar-refractivity contribution is 0.0796. The van der Waals surface area contributed by atoms with Crippen LogP contribution >= 0.6 is 11.3 Å². The number of thiophene rings is 1. The lowest BCUT2D eigenvalue weighted by Crippen LogP contribution is -2.30. The Morgan fingerprint density at radius 1 is 1.42 bits per heavy atom. The van der Waals surface area contributed by atoms with Crippen LogP contribution in [0.1, 0.15) is 54.4 Å². The first-order chi connectivity index (χ1) is 11.5. The molecule has 0 bridgehead atoms. The maximum Gasteiger partial charge on any atom is 0.264 e. The fourth-order valence-corrected chi connectivity index (χ4v) is 4.94. The zero-order valence-corrected chi connectivity index (χ0v) is 15.2. The summed E-state index contributed by atoms with van der Waals surface area (Å²) < 4.78 is 11.4. The van der Waals surface area contributed by atoms with Gasteiger partial charge < -0.3 is 14.2 Å². The van der Waals surface area contributed by atoms with Crippen molar-refractivity contribution >= 4 is 17.2 Å². The first kappa shape index (κ1) is 15.7. The second kappa shape index (κ2) is 5.62. The summed E-state index contributed by atoms with van der Waals surface area (Å²) >= 11 is 1.46. The summed E-state index contributed by atoms with van der Waals surface area (Å²) in [5.74, 6) is 0.903. The molecule has 1 fully saturated rings. The van der Waals surface area contributed by atoms with Crippen LogP contribution in [-0.4, -0.2) is 35.7 Å². The molecular weight excluding hydrogens is 324 g/mol. The van der Waals surface area contributed by atoms with E-state index in [-0.39, 0.29) is 11.3 Å². The fraction of sp³-hybridized carbons (Fsp3) is 0.556. The lowest BCUT2D eigenvalue weighted by atomic mass is 9.73. The maximum absolute atomic E-state index is 13.0. The van der Waals surface area contributed by atoms with Crippen molar-refractivity contribution in [3.05, 3.63) is 22.2 Å². The zero-order valence-electron chi connectivity index (χ0n) is 14.3. The third-order valence-corrected chi connectivity index (χ3v) is 6.12. The van der Waals surface area contributed by atoms with Crippen molar-refractivity contribution < 1.29 is 14.1 Å². The van der Waals surface area contributed by atoms with Gasteiger partial charge in [0.05, 0.1) is 23.2 Å². The second-order valence-electron chi connectivity index (χ2n) is 7.13. The molecule has 0 spiro atoms. The van der Waals surface area contributed by atoms with E-state index in [1.54, 1.807) is 6.20 Å². The number of amides is 1. The van der Waals surface area contributed by atoms with Crippen molar-refractivity contribution in [1.29, 1.82) is 0 Å². The molecule has 2 aliphatic rings. The number of hydrogen-bond acceptors (Lipinski definition) is 5. The highest BCUT2D eigenvalue weighted by molar-refractivity contribution is 7.16. The van der Waals surface area contributed by atoms with Gasteiger partial charge in [0.1, 0.15) is 0 Å². The third kappa shape index (κ3) is 2.27. The highest BCUT2D eigenvalue weighted by Crippen LogP contribution is 2.52. The average molecular weight is 346 g/mol. The number of nitrogens with zero attached hydrogens (tertiary/aromatic N) is 2. The quantitative estimate of drug-likeness (QED) is 0.846. The molecule has 0 unspecified atom stereocenters. The van der Waals surface area contributed by atoms with Gasteiger partial charge in [-0.05, 0) is 37.2 Å². The van der Waals surface area contributed by atoms with Crippen molar-refractivity contribution in [2.24, 2.45) is 0 Å². The van der Waals surface area contributed by atoms with Crippen molar-refractivity contribution in [3.63, 3.8) is 0 Å². The number of hydrogen-bond donors (Lipinski definition) is 0. The summed E-state index contributed by atoms with van der Waals surface area (Å²) in [6.45, 7) is 8.58. The van der Waals surface area contributed by atoms with E-state index in [1.807, 2.05) is 11.8 Å². The Labute approximate surface area is 145 Å². The van der Waals surface area contributed by atoms with Crippen LogP contribution in [0.4, 0.5) is 0 Å². The smallest absolute Gasteiger partial charge is 0.264 e. The monoisotopic (exact) mass is 346 g/mol. The van der Waals surface area contributed by atoms with Crippen LogP contribution in [0, 0.1) is 0 Å². The molecule has 2 aromatic rings. The van der Waals surface area contributed by atoms with E-state index < -0.39 is 0 Å². The topological polar surface area (TPSA) is 55.6 Å². The standard InChI is InChI=1S/C18H22N2O3S/c1-4-22-17-13-11(9-18(2,3)12-10-19-23-14(12)13)15(24-17)16(21)20-7-5-6-8-20/h10H,4-9H2,1-3H3. The number of carbonyl (C=O) groups is 1. The number of ether oxygens (including phenoxy) is 1. The van der Waals surface area contributed by atoms with Gasteiger partial charge in [-0.2, -0.15) is 0 Å². The van der Waals surface area contributed by atoms with E-state index in [4.69, 9.17) is 9.26 Å². The summed E-state index contributed by atoms with van der Waals surface area (Å²) in [5.41, 5.74) is 2.99. The van der Waals surface area contributed by atoms with E-state index in [9.17, 15) is 4.79 Å². The van der Waals surface area contributed by atoms with Crippen molar-refractivity contribution in [1.82, 2.24) is 10.1 Å². The minimum atomic E-state index is -0.104. The van der Waals surface area contributed by atoms with Crippen LogP contribution in [0.5, 0.6) is 5.06 Å². The molecule has 24 heavy (non-hydrogen) atoms. The number of aromatic nitrogens is 1. The fourth-order valence-electron chi connectivity index (χ4n) is 3.75. The molecule has 2 aromatic heterocycles. The van der Waals surface area contributed by atoms with Crippen LogP contribution < -0.4 is 4.74 Å². The summed E-state index contributed by atoms with van der Waals surface area (Å²) in [5, 5.41) is 4.79. The Hall–Kier alpha value is -1.82. The molecular formula is C18H22N2O3S. The summed E-state index contributed by atoms with van der Waals surface area (Å²) in [6, 6.07) is 0. The van der Waals surface area contributed by atoms with Crippen molar-refractivity contribution in [2.45, 2.75) is 45.4 Å². The maximum atomic E-state index is 13.0. The molecule has 1 aliphatic heterocycles. The van der Waals surface area contributed by atoms with E-state index >= 15 is 0 Å². The predicted molar refractivity (Wildman–Crippen MR) is 92.9 cm³/mol. The Kier molecular flexibility index (Phi) is 3.67. The Balaban J connectivity index is 1.87. The van der Waals surface area contributed by atoms with Gasteiger partial charge in [0, 0.05) is 18.7 Å². The first-order valence-electron chi connectivity index (χ1n) is 8.56. The third-order valence-electron chi connectivity index (χ3n) is 4.98. The van der Waals surface area contributed by atoms with E-state index in [0.29, 0.717) is 6.61 Å². The van der Waals surface area contributed by atoms with Gasteiger partial charge >= 0.3 is 0 Å². The minimum absolute atomic E-state index is 0.104. The van der Waals surface area contributed by atoms with Crippen LogP contribution in [0.15, 0.2) is 10.7 Å². The molecule has 3 heterocycles. The van der Waals surface area contributed by atoms with Gasteiger partial charge in [0.2, 0.25) is 0 Å². The Morgan fingerprint density at radius 2 is 2.17 bits per heavy atom. The minimum Gasteiger partial charge on any atom is -0.484 e. The van der Waals surface area contributed by atoms with Crippen LogP contribution in [0.3, 0.4) is 0 Å². The van der Waals surface area contributed by atoms with Crippen molar-refractivity contribution in [2.75, 3.05) is 19.7 Å². The number of carbonyl (C=O) groups excluding carboxylic acids is 1. The SMILES string of the molecule is CCOc1sc(C(=O)N2CCCC2)c2c1-c1oncc1C(C)(C)C2. The van der Waals surface area contributed by atoms with Crippen LogP contribution in [0.25, 0.3) is 11.3 Å². The Morgan fingerprint density at radius 3 is 2.88 bits per heavy atom. The van der Waals surface area contributed by atoms with Gasteiger partial charge in [-0.3, -0.25) is 4.79 Å². The molecule has 0 N–H and O–H groups in total. The number of fused-ring (bicyclic) bond motifs is 3. The van der Waals surface area contributed by atoms with E-state index in [2.05, 4.69) is 19.0 Å². The highest BCUT2D eigenvalue weighted by Gasteiger charge is 2.41. The molecule has 1 aliphatic carbocycles. The van der Waals surface area contributed by atoms with Crippen LogP contribution in [0.2, 0.25) is 0 Å². The second-order valence-corrected chi connectivity index (χ2v) is 8.12. The molecule has 4 rings (SSSR count). The van der Waals surface area contributed by atoms with Crippen molar-refractivity contribution in [3.8, 4) is 16.4 Å². The lowest BCUT2D eigenvalue weighted by Gasteiger charge is -2.29. The largest absolute Gasteiger partial charge is 0.484 e. The molecule has 0 aromatic carbocycles. The molecule has 1 saturated heterocycles.